The summed E-state index contributed by atoms with van der Waals surface area (Å²) in [6.07, 6.45) is 7.19. The van der Waals surface area contributed by atoms with Crippen molar-refractivity contribution in [1.82, 2.24) is 5.32 Å². The molecule has 19 heavy (non-hydrogen) atoms. The number of ether oxygens (including phenoxy) is 3. The number of rotatable bonds is 16. The van der Waals surface area contributed by atoms with Crippen LogP contribution in [0.2, 0.25) is 0 Å². The smallest absolute Gasteiger partial charge is 0.0700 e. The van der Waals surface area contributed by atoms with Crippen molar-refractivity contribution in [3.8, 4) is 0 Å². The molecule has 4 nitrogen and oxygen atoms in total. The molecule has 0 saturated heterocycles. The molecule has 0 aromatic carbocycles. The minimum Gasteiger partial charge on any atom is -0.385 e. The van der Waals surface area contributed by atoms with Gasteiger partial charge in [-0.05, 0) is 38.8 Å². The summed E-state index contributed by atoms with van der Waals surface area (Å²) in [5.41, 5.74) is 0. The topological polar surface area (TPSA) is 39.7 Å². The molecule has 0 spiro atoms. The summed E-state index contributed by atoms with van der Waals surface area (Å²) in [4.78, 5) is 0. The molecule has 0 aliphatic heterocycles. The van der Waals surface area contributed by atoms with Gasteiger partial charge in [-0.2, -0.15) is 0 Å². The Kier molecular flexibility index (Phi) is 17.7. The zero-order valence-electron chi connectivity index (χ0n) is 12.9. The van der Waals surface area contributed by atoms with Crippen LogP contribution < -0.4 is 5.32 Å². The van der Waals surface area contributed by atoms with Crippen LogP contribution in [-0.4, -0.2) is 53.2 Å². The first-order chi connectivity index (χ1) is 9.41. The lowest BCUT2D eigenvalue weighted by Crippen LogP contribution is -2.15. The fourth-order valence-corrected chi connectivity index (χ4v) is 1.74. The van der Waals surface area contributed by atoms with Crippen molar-refractivity contribution >= 4 is 0 Å². The highest BCUT2D eigenvalue weighted by molar-refractivity contribution is 4.48. The fourth-order valence-electron chi connectivity index (χ4n) is 1.74. The maximum atomic E-state index is 5.51. The van der Waals surface area contributed by atoms with Crippen LogP contribution in [0.15, 0.2) is 0 Å². The van der Waals surface area contributed by atoms with E-state index in [1.165, 1.54) is 25.7 Å². The van der Waals surface area contributed by atoms with E-state index in [9.17, 15) is 0 Å². The maximum Gasteiger partial charge on any atom is 0.0700 e. The molecule has 0 heterocycles. The van der Waals surface area contributed by atoms with Crippen LogP contribution in [0.4, 0.5) is 0 Å². The normalized spacial score (nSPS) is 11.1. The standard InChI is InChI=1S/C15H33NO3/c1-3-9-16-10-6-4-5-7-12-18-14-15-19-13-8-11-17-2/h16H,3-15H2,1-2H3. The second kappa shape index (κ2) is 17.8. The van der Waals surface area contributed by atoms with E-state index in [1.54, 1.807) is 7.11 Å². The molecule has 0 saturated carbocycles. The molecule has 0 aromatic heterocycles. The predicted octanol–water partition coefficient (Wildman–Crippen LogP) is 2.62. The summed E-state index contributed by atoms with van der Waals surface area (Å²) < 4.78 is 15.9. The molecule has 0 atom stereocenters. The van der Waals surface area contributed by atoms with Gasteiger partial charge in [0.2, 0.25) is 0 Å². The quantitative estimate of drug-likeness (QED) is 0.440. The summed E-state index contributed by atoms with van der Waals surface area (Å²) in [6, 6.07) is 0. The maximum absolute atomic E-state index is 5.51. The number of hydrogen-bond donors (Lipinski definition) is 1. The van der Waals surface area contributed by atoms with Gasteiger partial charge in [-0.1, -0.05) is 19.8 Å². The molecule has 0 rings (SSSR count). The summed E-state index contributed by atoms with van der Waals surface area (Å²) >= 11 is 0. The highest BCUT2D eigenvalue weighted by atomic mass is 16.5. The van der Waals surface area contributed by atoms with Gasteiger partial charge >= 0.3 is 0 Å². The van der Waals surface area contributed by atoms with Crippen LogP contribution in [0.3, 0.4) is 0 Å². The second-order valence-corrected chi connectivity index (χ2v) is 4.74. The van der Waals surface area contributed by atoms with E-state index in [0.29, 0.717) is 13.2 Å². The molecular weight excluding hydrogens is 242 g/mol. The lowest BCUT2D eigenvalue weighted by atomic mass is 10.2. The van der Waals surface area contributed by atoms with E-state index >= 15 is 0 Å². The molecule has 0 aliphatic carbocycles. The van der Waals surface area contributed by atoms with E-state index < -0.39 is 0 Å². The Bertz CT molecular complexity index is 140. The second-order valence-electron chi connectivity index (χ2n) is 4.74. The van der Waals surface area contributed by atoms with Gasteiger partial charge in [-0.15, -0.1) is 0 Å². The molecular formula is C15H33NO3. The van der Waals surface area contributed by atoms with Crippen LogP contribution in [0, 0.1) is 0 Å². The molecule has 1 N–H and O–H groups in total. The number of nitrogens with one attached hydrogen (secondary N) is 1. The molecule has 0 fully saturated rings. The summed E-state index contributed by atoms with van der Waals surface area (Å²) in [5, 5.41) is 3.42. The number of methoxy groups -OCH3 is 1. The van der Waals surface area contributed by atoms with E-state index in [4.69, 9.17) is 14.2 Å². The van der Waals surface area contributed by atoms with Crippen LogP contribution >= 0.6 is 0 Å². The average Bonchev–Trinajstić information content (AvgIpc) is 2.43. The first-order valence-corrected chi connectivity index (χ1v) is 7.77. The van der Waals surface area contributed by atoms with Gasteiger partial charge in [0.25, 0.3) is 0 Å². The van der Waals surface area contributed by atoms with E-state index in [-0.39, 0.29) is 0 Å². The minimum atomic E-state index is 0.699. The van der Waals surface area contributed by atoms with Gasteiger partial charge in [-0.3, -0.25) is 0 Å². The number of hydrogen-bond acceptors (Lipinski definition) is 4. The lowest BCUT2D eigenvalue weighted by Gasteiger charge is -2.06. The highest BCUT2D eigenvalue weighted by Crippen LogP contribution is 1.99. The molecule has 0 aliphatic rings. The molecule has 4 heteroatoms. The highest BCUT2D eigenvalue weighted by Gasteiger charge is 1.93. The average molecular weight is 275 g/mol. The van der Waals surface area contributed by atoms with Gasteiger partial charge < -0.3 is 19.5 Å². The molecule has 0 aromatic rings. The third-order valence-corrected chi connectivity index (χ3v) is 2.83. The van der Waals surface area contributed by atoms with Crippen molar-refractivity contribution in [2.75, 3.05) is 53.2 Å². The van der Waals surface area contributed by atoms with Crippen molar-refractivity contribution in [1.29, 1.82) is 0 Å². The molecule has 0 amide bonds. The predicted molar refractivity (Wildman–Crippen MR) is 79.8 cm³/mol. The van der Waals surface area contributed by atoms with Gasteiger partial charge in [0.05, 0.1) is 13.2 Å². The van der Waals surface area contributed by atoms with Crippen molar-refractivity contribution in [2.45, 2.75) is 45.4 Å². The molecule has 116 valence electrons. The van der Waals surface area contributed by atoms with Gasteiger partial charge in [0.1, 0.15) is 0 Å². The van der Waals surface area contributed by atoms with E-state index in [0.717, 1.165) is 45.8 Å². The van der Waals surface area contributed by atoms with Gasteiger partial charge in [-0.25, -0.2) is 0 Å². The molecule has 0 radical (unpaired) electrons. The first kappa shape index (κ1) is 18.8. The monoisotopic (exact) mass is 275 g/mol. The van der Waals surface area contributed by atoms with Crippen molar-refractivity contribution in [3.63, 3.8) is 0 Å². The first-order valence-electron chi connectivity index (χ1n) is 7.77. The summed E-state index contributed by atoms with van der Waals surface area (Å²) in [6.45, 7) is 8.32. The van der Waals surface area contributed by atoms with E-state index in [2.05, 4.69) is 12.2 Å². The largest absolute Gasteiger partial charge is 0.385 e. The van der Waals surface area contributed by atoms with Gasteiger partial charge in [0, 0.05) is 26.9 Å². The van der Waals surface area contributed by atoms with Crippen LogP contribution in [0.1, 0.15) is 45.4 Å². The van der Waals surface area contributed by atoms with Crippen molar-refractivity contribution in [3.05, 3.63) is 0 Å². The fraction of sp³-hybridized carbons (Fsp3) is 1.00. The Hall–Kier alpha value is -0.160. The molecule has 0 unspecified atom stereocenters. The van der Waals surface area contributed by atoms with Gasteiger partial charge in [0.15, 0.2) is 0 Å². The third kappa shape index (κ3) is 17.8. The SMILES string of the molecule is CCCNCCCCCCOCCOCCCOC. The Balaban J connectivity index is 2.88. The Morgan fingerprint density at radius 1 is 0.684 bits per heavy atom. The Morgan fingerprint density at radius 3 is 2.05 bits per heavy atom. The zero-order chi connectivity index (χ0) is 14.0. The van der Waals surface area contributed by atoms with E-state index in [1.807, 2.05) is 0 Å². The molecule has 0 bridgehead atoms. The minimum absolute atomic E-state index is 0.699. The number of unbranched alkanes of at least 4 members (excludes halogenated alkanes) is 3. The van der Waals surface area contributed by atoms with Crippen LogP contribution in [0.5, 0.6) is 0 Å². The van der Waals surface area contributed by atoms with Crippen molar-refractivity contribution < 1.29 is 14.2 Å². The van der Waals surface area contributed by atoms with Crippen LogP contribution in [-0.2, 0) is 14.2 Å². The Morgan fingerprint density at radius 2 is 1.37 bits per heavy atom. The third-order valence-electron chi connectivity index (χ3n) is 2.83. The zero-order valence-corrected chi connectivity index (χ0v) is 12.9. The summed E-state index contributed by atoms with van der Waals surface area (Å²) in [7, 11) is 1.71. The van der Waals surface area contributed by atoms with Crippen molar-refractivity contribution in [2.24, 2.45) is 0 Å². The van der Waals surface area contributed by atoms with Crippen LogP contribution in [0.25, 0.3) is 0 Å². The summed E-state index contributed by atoms with van der Waals surface area (Å²) in [5.74, 6) is 0. The Labute approximate surface area is 119 Å². The lowest BCUT2D eigenvalue weighted by molar-refractivity contribution is 0.0387.